The predicted molar refractivity (Wildman–Crippen MR) is 64.2 cm³/mol. The van der Waals surface area contributed by atoms with Gasteiger partial charge in [0.25, 0.3) is 6.47 Å². The molecule has 1 rings (SSSR count). The Bertz CT molecular complexity index is 392. The summed E-state index contributed by atoms with van der Waals surface area (Å²) in [6.07, 6.45) is 0.645. The van der Waals surface area contributed by atoms with Gasteiger partial charge in [0.2, 0.25) is 0 Å². The molecule has 0 saturated carbocycles. The van der Waals surface area contributed by atoms with Gasteiger partial charge in [-0.25, -0.2) is 0 Å². The second kappa shape index (κ2) is 7.15. The molecule has 5 heteroatoms. The number of hydrogen-bond donors (Lipinski definition) is 0. The highest BCUT2D eigenvalue weighted by atomic mass is 35.5. The molecule has 0 radical (unpaired) electrons. The summed E-state index contributed by atoms with van der Waals surface area (Å²) >= 11 is 6.95. The Morgan fingerprint density at radius 1 is 1.62 bits per heavy atom. The molecule has 0 saturated heterocycles. The summed E-state index contributed by atoms with van der Waals surface area (Å²) in [6, 6.07) is 7.41. The molecule has 0 spiro atoms. The highest BCUT2D eigenvalue weighted by Crippen LogP contribution is 2.18. The lowest BCUT2D eigenvalue weighted by Crippen LogP contribution is -2.14. The van der Waals surface area contributed by atoms with Crippen molar-refractivity contribution in [3.63, 3.8) is 0 Å². The zero-order valence-corrected chi connectivity index (χ0v) is 10.0. The fourth-order valence-electron chi connectivity index (χ4n) is 1.28. The van der Waals surface area contributed by atoms with Crippen molar-refractivity contribution < 1.29 is 9.53 Å². The Balaban J connectivity index is 2.60. The van der Waals surface area contributed by atoms with Crippen LogP contribution in [-0.4, -0.2) is 18.3 Å². The first kappa shape index (κ1) is 12.9. The Hall–Kier alpha value is -1.18. The molecule has 0 amide bonds. The molecule has 0 unspecified atom stereocenters. The van der Waals surface area contributed by atoms with Crippen molar-refractivity contribution in [1.82, 2.24) is 0 Å². The Morgan fingerprint density at radius 3 is 3.06 bits per heavy atom. The minimum atomic E-state index is -0.0614. The molecule has 16 heavy (non-hydrogen) atoms. The van der Waals surface area contributed by atoms with Gasteiger partial charge in [0.1, 0.15) is 12.0 Å². The second-order valence-corrected chi connectivity index (χ2v) is 4.62. The SMILES string of the molecule is N#CS[C@@H](COC=O)Cc1cccc(Cl)c1. The van der Waals surface area contributed by atoms with Crippen molar-refractivity contribution >= 4 is 29.8 Å². The summed E-state index contributed by atoms with van der Waals surface area (Å²) < 4.78 is 4.67. The van der Waals surface area contributed by atoms with Gasteiger partial charge in [0, 0.05) is 5.02 Å². The van der Waals surface area contributed by atoms with E-state index in [1.54, 1.807) is 6.07 Å². The van der Waals surface area contributed by atoms with Gasteiger partial charge in [0.05, 0.1) is 5.25 Å². The molecular weight excluding hydrogens is 246 g/mol. The van der Waals surface area contributed by atoms with E-state index >= 15 is 0 Å². The fourth-order valence-corrected chi connectivity index (χ4v) is 2.07. The lowest BCUT2D eigenvalue weighted by molar-refractivity contribution is -0.128. The lowest BCUT2D eigenvalue weighted by atomic mass is 10.1. The molecule has 0 aliphatic carbocycles. The van der Waals surface area contributed by atoms with Gasteiger partial charge < -0.3 is 4.74 Å². The number of hydrogen-bond acceptors (Lipinski definition) is 4. The number of halogens is 1. The zero-order valence-electron chi connectivity index (χ0n) is 8.43. The Kier molecular flexibility index (Phi) is 5.76. The van der Waals surface area contributed by atoms with E-state index in [0.29, 0.717) is 17.9 Å². The van der Waals surface area contributed by atoms with Gasteiger partial charge in [-0.3, -0.25) is 4.79 Å². The van der Waals surface area contributed by atoms with E-state index in [1.807, 2.05) is 23.6 Å². The molecule has 1 aromatic carbocycles. The maximum absolute atomic E-state index is 10.1. The summed E-state index contributed by atoms with van der Waals surface area (Å²) in [5.41, 5.74) is 1.02. The van der Waals surface area contributed by atoms with Crippen molar-refractivity contribution in [2.24, 2.45) is 0 Å². The molecule has 84 valence electrons. The maximum atomic E-state index is 10.1. The van der Waals surface area contributed by atoms with E-state index in [2.05, 4.69) is 4.74 Å². The first-order valence-electron chi connectivity index (χ1n) is 4.60. The number of carbonyl (C=O) groups is 1. The highest BCUT2D eigenvalue weighted by molar-refractivity contribution is 8.04. The molecular formula is C11H10ClNO2S. The van der Waals surface area contributed by atoms with Crippen molar-refractivity contribution in [2.75, 3.05) is 6.61 Å². The maximum Gasteiger partial charge on any atom is 0.293 e. The normalized spacial score (nSPS) is 11.5. The number of carbonyl (C=O) groups excluding carboxylic acids is 1. The summed E-state index contributed by atoms with van der Waals surface area (Å²) in [5, 5.41) is 11.2. The van der Waals surface area contributed by atoms with Gasteiger partial charge in [-0.05, 0) is 35.9 Å². The first-order valence-corrected chi connectivity index (χ1v) is 5.86. The van der Waals surface area contributed by atoms with E-state index in [4.69, 9.17) is 16.9 Å². The summed E-state index contributed by atoms with van der Waals surface area (Å²) in [6.45, 7) is 0.622. The van der Waals surface area contributed by atoms with Crippen molar-refractivity contribution in [1.29, 1.82) is 5.26 Å². The van der Waals surface area contributed by atoms with Crippen LogP contribution in [0, 0.1) is 10.7 Å². The summed E-state index contributed by atoms with van der Waals surface area (Å²) in [4.78, 5) is 10.1. The quantitative estimate of drug-likeness (QED) is 0.579. The van der Waals surface area contributed by atoms with E-state index in [-0.39, 0.29) is 11.9 Å². The van der Waals surface area contributed by atoms with Crippen LogP contribution < -0.4 is 0 Å². The number of rotatable bonds is 6. The summed E-state index contributed by atoms with van der Waals surface area (Å²) in [7, 11) is 0. The van der Waals surface area contributed by atoms with Crippen LogP contribution in [0.2, 0.25) is 5.02 Å². The minimum Gasteiger partial charge on any atom is -0.467 e. The Morgan fingerprint density at radius 2 is 2.44 bits per heavy atom. The lowest BCUT2D eigenvalue weighted by Gasteiger charge is -2.11. The predicted octanol–water partition coefficient (Wildman–Crippen LogP) is 2.64. The molecule has 0 aromatic heterocycles. The van der Waals surface area contributed by atoms with Gasteiger partial charge in [-0.2, -0.15) is 5.26 Å². The van der Waals surface area contributed by atoms with Crippen molar-refractivity contribution in [3.8, 4) is 5.40 Å². The van der Waals surface area contributed by atoms with E-state index < -0.39 is 0 Å². The molecule has 0 aliphatic rings. The first-order chi connectivity index (χ1) is 7.76. The fraction of sp³-hybridized carbons (Fsp3) is 0.273. The number of benzene rings is 1. The van der Waals surface area contributed by atoms with Crippen molar-refractivity contribution in [3.05, 3.63) is 34.9 Å². The van der Waals surface area contributed by atoms with Gasteiger partial charge >= 0.3 is 0 Å². The van der Waals surface area contributed by atoms with Crippen LogP contribution in [0.15, 0.2) is 24.3 Å². The minimum absolute atomic E-state index is 0.0614. The molecule has 1 atom stereocenters. The van der Waals surface area contributed by atoms with Gasteiger partial charge in [0.15, 0.2) is 0 Å². The van der Waals surface area contributed by atoms with E-state index in [0.717, 1.165) is 17.3 Å². The van der Waals surface area contributed by atoms with Crippen LogP contribution in [0.5, 0.6) is 0 Å². The third-order valence-corrected chi connectivity index (χ3v) is 2.90. The Labute approximate surface area is 103 Å². The summed E-state index contributed by atoms with van der Waals surface area (Å²) in [5.74, 6) is 0. The van der Waals surface area contributed by atoms with Gasteiger partial charge in [-0.15, -0.1) is 0 Å². The molecule has 3 nitrogen and oxygen atoms in total. The van der Waals surface area contributed by atoms with Crippen LogP contribution in [0.1, 0.15) is 5.56 Å². The molecule has 1 aromatic rings. The molecule has 0 fully saturated rings. The average molecular weight is 256 g/mol. The number of thiocyanates is 1. The standard InChI is InChI=1S/C11H10ClNO2S/c12-10-3-1-2-9(4-10)5-11(16-7-13)6-15-8-14/h1-4,8,11H,5-6H2/t11-/m1/s1. The zero-order chi connectivity index (χ0) is 11.8. The number of ether oxygens (including phenoxy) is 1. The molecule has 0 bridgehead atoms. The van der Waals surface area contributed by atoms with Crippen molar-refractivity contribution in [2.45, 2.75) is 11.7 Å². The average Bonchev–Trinajstić information content (AvgIpc) is 2.26. The van der Waals surface area contributed by atoms with Crippen LogP contribution in [0.25, 0.3) is 0 Å². The third-order valence-electron chi connectivity index (χ3n) is 1.92. The van der Waals surface area contributed by atoms with Crippen LogP contribution in [0.3, 0.4) is 0 Å². The van der Waals surface area contributed by atoms with E-state index in [1.165, 1.54) is 0 Å². The van der Waals surface area contributed by atoms with Crippen LogP contribution in [0.4, 0.5) is 0 Å². The number of nitrogens with zero attached hydrogens (tertiary/aromatic N) is 1. The molecule has 0 aliphatic heterocycles. The van der Waals surface area contributed by atoms with Crippen LogP contribution >= 0.6 is 23.4 Å². The third kappa shape index (κ3) is 4.56. The largest absolute Gasteiger partial charge is 0.467 e. The topological polar surface area (TPSA) is 50.1 Å². The molecule has 0 N–H and O–H groups in total. The smallest absolute Gasteiger partial charge is 0.293 e. The highest BCUT2D eigenvalue weighted by Gasteiger charge is 2.11. The monoisotopic (exact) mass is 255 g/mol. The number of nitriles is 1. The second-order valence-electron chi connectivity index (χ2n) is 3.09. The number of thioether (sulfide) groups is 1. The van der Waals surface area contributed by atoms with Crippen LogP contribution in [-0.2, 0) is 16.0 Å². The molecule has 0 heterocycles. The van der Waals surface area contributed by atoms with E-state index in [9.17, 15) is 4.79 Å². The van der Waals surface area contributed by atoms with Gasteiger partial charge in [-0.1, -0.05) is 23.7 Å².